The van der Waals surface area contributed by atoms with Crippen LogP contribution in [-0.4, -0.2) is 39.6 Å². The van der Waals surface area contributed by atoms with Crippen molar-refractivity contribution in [2.45, 2.75) is 43.5 Å². The van der Waals surface area contributed by atoms with Gasteiger partial charge in [-0.05, 0) is 37.1 Å². The number of hydrogen-bond acceptors (Lipinski definition) is 4. The lowest BCUT2D eigenvalue weighted by atomic mass is 10.0. The molecule has 4 nitrogen and oxygen atoms in total. The quantitative estimate of drug-likeness (QED) is 0.718. The normalized spacial score (nSPS) is 30.6. The third-order valence-electron chi connectivity index (χ3n) is 3.23. The van der Waals surface area contributed by atoms with E-state index in [0.29, 0.717) is 0 Å². The summed E-state index contributed by atoms with van der Waals surface area (Å²) in [6, 6.07) is 5.25. The minimum Gasteiger partial charge on any atom is -0.508 e. The van der Waals surface area contributed by atoms with E-state index in [9.17, 15) is 19.0 Å². The number of aromatic hydroxyl groups is 1. The number of aliphatic hydroxyl groups is 2. The van der Waals surface area contributed by atoms with Crippen LogP contribution in [0.15, 0.2) is 24.3 Å². The molecule has 2 rings (SSSR count). The predicted molar refractivity (Wildman–Crippen MR) is 63.3 cm³/mol. The highest BCUT2D eigenvalue weighted by Gasteiger charge is 2.49. The first-order valence-corrected chi connectivity index (χ1v) is 6.10. The number of phenols is 1. The first-order valence-electron chi connectivity index (χ1n) is 6.10. The predicted octanol–water partition coefficient (Wildman–Crippen LogP) is 1.68. The molecular weight excluding hydrogens is 258 g/mol. The number of alkyl halides is 2. The molecule has 0 saturated heterocycles. The van der Waals surface area contributed by atoms with Crippen molar-refractivity contribution in [3.8, 4) is 11.5 Å². The molecule has 0 aliphatic heterocycles. The van der Waals surface area contributed by atoms with Gasteiger partial charge in [-0.3, -0.25) is 0 Å². The number of aliphatic hydroxyl groups excluding tert-OH is 2. The molecule has 0 amide bonds. The Balaban J connectivity index is 2.20. The average Bonchev–Trinajstić information content (AvgIpc) is 2.44. The summed E-state index contributed by atoms with van der Waals surface area (Å²) in [6.07, 6.45) is -4.87. The molecule has 0 radical (unpaired) electrons. The van der Waals surface area contributed by atoms with E-state index in [2.05, 4.69) is 0 Å². The second-order valence-electron chi connectivity index (χ2n) is 4.74. The highest BCUT2D eigenvalue weighted by Crippen LogP contribution is 2.35. The Hall–Kier alpha value is -1.40. The lowest BCUT2D eigenvalue weighted by Gasteiger charge is -2.30. The van der Waals surface area contributed by atoms with E-state index >= 15 is 0 Å². The summed E-state index contributed by atoms with van der Waals surface area (Å²) >= 11 is 0. The molecule has 0 aromatic heterocycles. The van der Waals surface area contributed by atoms with Gasteiger partial charge in [0.25, 0.3) is 5.92 Å². The summed E-state index contributed by atoms with van der Waals surface area (Å²) in [6.45, 7) is 0. The molecule has 1 fully saturated rings. The number of hydrogen-bond donors (Lipinski definition) is 3. The molecule has 6 heteroatoms. The van der Waals surface area contributed by atoms with Gasteiger partial charge in [-0.25, -0.2) is 8.78 Å². The Labute approximate surface area is 109 Å². The van der Waals surface area contributed by atoms with Crippen LogP contribution >= 0.6 is 0 Å². The van der Waals surface area contributed by atoms with Gasteiger partial charge in [0.15, 0.2) is 6.10 Å². The Bertz CT molecular complexity index is 421. The summed E-state index contributed by atoms with van der Waals surface area (Å²) in [5.41, 5.74) is 0. The standard InChI is InChI=1S/C13H16F2O4/c14-13(15)7-1-2-10(17)11(18)12(13)19-9-5-3-8(16)4-6-9/h3-6,10-12,16-18H,1-2,7H2/t10-,11+,12+/m0/s1. The number of benzene rings is 1. The fourth-order valence-corrected chi connectivity index (χ4v) is 2.14. The van der Waals surface area contributed by atoms with Crippen molar-refractivity contribution >= 4 is 0 Å². The topological polar surface area (TPSA) is 69.9 Å². The molecule has 1 aliphatic carbocycles. The van der Waals surface area contributed by atoms with Gasteiger partial charge >= 0.3 is 0 Å². The fraction of sp³-hybridized carbons (Fsp3) is 0.538. The van der Waals surface area contributed by atoms with Crippen LogP contribution in [0, 0.1) is 0 Å². The third kappa shape index (κ3) is 3.13. The van der Waals surface area contributed by atoms with E-state index in [0.717, 1.165) is 0 Å². The molecule has 1 aromatic rings. The zero-order chi connectivity index (χ0) is 14.0. The third-order valence-corrected chi connectivity index (χ3v) is 3.23. The second kappa shape index (κ2) is 5.30. The zero-order valence-corrected chi connectivity index (χ0v) is 10.2. The van der Waals surface area contributed by atoms with E-state index in [4.69, 9.17) is 9.84 Å². The van der Waals surface area contributed by atoms with Crippen molar-refractivity contribution in [2.24, 2.45) is 0 Å². The molecule has 106 valence electrons. The summed E-state index contributed by atoms with van der Waals surface area (Å²) < 4.78 is 32.9. The molecule has 0 bridgehead atoms. The monoisotopic (exact) mass is 274 g/mol. The number of phenolic OH excluding ortho intramolecular Hbond substituents is 1. The minimum atomic E-state index is -3.21. The van der Waals surface area contributed by atoms with Crippen LogP contribution < -0.4 is 4.74 Å². The summed E-state index contributed by atoms with van der Waals surface area (Å²) in [5, 5.41) is 28.5. The Morgan fingerprint density at radius 1 is 1.16 bits per heavy atom. The zero-order valence-electron chi connectivity index (χ0n) is 10.2. The van der Waals surface area contributed by atoms with E-state index in [-0.39, 0.29) is 24.3 Å². The SMILES string of the molecule is Oc1ccc(O[C@@H]2[C@H](O)[C@@H](O)CCCC2(F)F)cc1. The lowest BCUT2D eigenvalue weighted by Crippen LogP contribution is -2.49. The van der Waals surface area contributed by atoms with Crippen LogP contribution in [0.4, 0.5) is 8.78 Å². The highest BCUT2D eigenvalue weighted by atomic mass is 19.3. The van der Waals surface area contributed by atoms with Crippen molar-refractivity contribution in [3.63, 3.8) is 0 Å². The van der Waals surface area contributed by atoms with Gasteiger partial charge in [0.1, 0.15) is 17.6 Å². The van der Waals surface area contributed by atoms with E-state index in [1.165, 1.54) is 24.3 Å². The first-order chi connectivity index (χ1) is 8.90. The molecule has 3 atom stereocenters. The molecule has 3 N–H and O–H groups in total. The summed E-state index contributed by atoms with van der Waals surface area (Å²) in [4.78, 5) is 0. The fourth-order valence-electron chi connectivity index (χ4n) is 2.14. The lowest BCUT2D eigenvalue weighted by molar-refractivity contribution is -0.154. The average molecular weight is 274 g/mol. The second-order valence-corrected chi connectivity index (χ2v) is 4.74. The van der Waals surface area contributed by atoms with Gasteiger partial charge in [0.2, 0.25) is 0 Å². The van der Waals surface area contributed by atoms with Gasteiger partial charge in [-0.15, -0.1) is 0 Å². The molecule has 0 unspecified atom stereocenters. The van der Waals surface area contributed by atoms with Crippen LogP contribution in [0.3, 0.4) is 0 Å². The molecule has 1 saturated carbocycles. The molecule has 1 aliphatic rings. The maximum Gasteiger partial charge on any atom is 0.286 e. The molecular formula is C13H16F2O4. The highest BCUT2D eigenvalue weighted by molar-refractivity contribution is 5.30. The Morgan fingerprint density at radius 2 is 1.79 bits per heavy atom. The molecule has 0 spiro atoms. The van der Waals surface area contributed by atoms with Crippen molar-refractivity contribution in [1.29, 1.82) is 0 Å². The van der Waals surface area contributed by atoms with E-state index in [1.807, 2.05) is 0 Å². The van der Waals surface area contributed by atoms with Crippen molar-refractivity contribution < 1.29 is 28.8 Å². The number of halogens is 2. The smallest absolute Gasteiger partial charge is 0.286 e. The molecule has 19 heavy (non-hydrogen) atoms. The Kier molecular flexibility index (Phi) is 3.91. The maximum absolute atomic E-state index is 13.9. The molecule has 1 aromatic carbocycles. The van der Waals surface area contributed by atoms with Crippen LogP contribution in [0.2, 0.25) is 0 Å². The van der Waals surface area contributed by atoms with Gasteiger partial charge in [0.05, 0.1) is 6.10 Å². The van der Waals surface area contributed by atoms with Gasteiger partial charge in [-0.2, -0.15) is 0 Å². The maximum atomic E-state index is 13.9. The van der Waals surface area contributed by atoms with E-state index < -0.39 is 30.7 Å². The van der Waals surface area contributed by atoms with Crippen LogP contribution in [-0.2, 0) is 0 Å². The summed E-state index contributed by atoms with van der Waals surface area (Å²) in [5.74, 6) is -3.12. The van der Waals surface area contributed by atoms with E-state index in [1.54, 1.807) is 0 Å². The van der Waals surface area contributed by atoms with Crippen LogP contribution in [0.5, 0.6) is 11.5 Å². The largest absolute Gasteiger partial charge is 0.508 e. The van der Waals surface area contributed by atoms with Crippen LogP contribution in [0.1, 0.15) is 19.3 Å². The minimum absolute atomic E-state index is 0.0134. The molecule has 0 heterocycles. The number of rotatable bonds is 2. The Morgan fingerprint density at radius 3 is 2.42 bits per heavy atom. The van der Waals surface area contributed by atoms with Crippen molar-refractivity contribution in [3.05, 3.63) is 24.3 Å². The van der Waals surface area contributed by atoms with Crippen LogP contribution in [0.25, 0.3) is 0 Å². The van der Waals surface area contributed by atoms with Gasteiger partial charge < -0.3 is 20.1 Å². The van der Waals surface area contributed by atoms with Gasteiger partial charge in [0, 0.05) is 6.42 Å². The van der Waals surface area contributed by atoms with Crippen molar-refractivity contribution in [2.75, 3.05) is 0 Å². The van der Waals surface area contributed by atoms with Crippen molar-refractivity contribution in [1.82, 2.24) is 0 Å². The summed E-state index contributed by atoms with van der Waals surface area (Å²) in [7, 11) is 0. The number of ether oxygens (including phenoxy) is 1. The van der Waals surface area contributed by atoms with Gasteiger partial charge in [-0.1, -0.05) is 0 Å². The first kappa shape index (κ1) is 14.0.